The Bertz CT molecular complexity index is 296. The summed E-state index contributed by atoms with van der Waals surface area (Å²) < 4.78 is 15.5. The van der Waals surface area contributed by atoms with Gasteiger partial charge in [0.1, 0.15) is 12.4 Å². The minimum Gasteiger partial charge on any atom is -0.444 e. The van der Waals surface area contributed by atoms with Crippen LogP contribution in [0.1, 0.15) is 20.8 Å². The van der Waals surface area contributed by atoms with Crippen LogP contribution >= 0.6 is 0 Å². The van der Waals surface area contributed by atoms with Crippen molar-refractivity contribution in [2.75, 3.05) is 27.0 Å². The molecule has 0 aromatic carbocycles. The molecule has 110 valence electrons. The average molecular weight is 271 g/mol. The molecule has 0 saturated heterocycles. The second kappa shape index (κ2) is 8.72. The summed E-state index contributed by atoms with van der Waals surface area (Å²) in [6.07, 6.45) is 2.55. The van der Waals surface area contributed by atoms with Crippen molar-refractivity contribution in [3.8, 4) is 0 Å². The van der Waals surface area contributed by atoms with Gasteiger partial charge < -0.3 is 19.1 Å². The van der Waals surface area contributed by atoms with Gasteiger partial charge in [-0.3, -0.25) is 0 Å². The number of carbonyl (C=O) groups is 1. The SMILES string of the molecule is C=CCN(C[C@H](C=C)OCOC)C(=O)OC(C)(C)C. The van der Waals surface area contributed by atoms with E-state index in [1.165, 1.54) is 12.0 Å². The molecule has 0 heterocycles. The van der Waals surface area contributed by atoms with Crippen LogP contribution in [0.4, 0.5) is 4.79 Å². The highest BCUT2D eigenvalue weighted by molar-refractivity contribution is 5.68. The van der Waals surface area contributed by atoms with E-state index < -0.39 is 11.7 Å². The second-order valence-electron chi connectivity index (χ2n) is 5.02. The van der Waals surface area contributed by atoms with Crippen LogP contribution in [-0.2, 0) is 14.2 Å². The maximum absolute atomic E-state index is 12.0. The lowest BCUT2D eigenvalue weighted by Crippen LogP contribution is -2.41. The van der Waals surface area contributed by atoms with E-state index in [0.717, 1.165) is 0 Å². The molecule has 0 aliphatic carbocycles. The van der Waals surface area contributed by atoms with Gasteiger partial charge in [-0.15, -0.1) is 13.2 Å². The Morgan fingerprint density at radius 3 is 2.42 bits per heavy atom. The zero-order valence-electron chi connectivity index (χ0n) is 12.3. The van der Waals surface area contributed by atoms with Crippen molar-refractivity contribution in [2.24, 2.45) is 0 Å². The lowest BCUT2D eigenvalue weighted by Gasteiger charge is -2.28. The largest absolute Gasteiger partial charge is 0.444 e. The average Bonchev–Trinajstić information content (AvgIpc) is 2.30. The standard InChI is InChI=1S/C14H25NO4/c1-7-9-15(13(16)19-14(3,4)5)10-12(8-2)18-11-17-6/h7-8,12H,1-2,9-11H2,3-6H3/t12-/m0/s1. The van der Waals surface area contributed by atoms with Gasteiger partial charge in [0.25, 0.3) is 0 Å². The van der Waals surface area contributed by atoms with Crippen molar-refractivity contribution in [3.05, 3.63) is 25.3 Å². The van der Waals surface area contributed by atoms with Crippen molar-refractivity contribution in [1.29, 1.82) is 0 Å². The lowest BCUT2D eigenvalue weighted by atomic mass is 10.2. The fourth-order valence-electron chi connectivity index (χ4n) is 1.27. The Morgan fingerprint density at radius 1 is 1.37 bits per heavy atom. The quantitative estimate of drug-likeness (QED) is 0.503. The summed E-state index contributed by atoms with van der Waals surface area (Å²) in [5.41, 5.74) is -0.534. The first-order valence-corrected chi connectivity index (χ1v) is 6.16. The van der Waals surface area contributed by atoms with E-state index in [-0.39, 0.29) is 12.9 Å². The summed E-state index contributed by atoms with van der Waals surface area (Å²) >= 11 is 0. The predicted molar refractivity (Wildman–Crippen MR) is 75.0 cm³/mol. The topological polar surface area (TPSA) is 48.0 Å². The summed E-state index contributed by atoms with van der Waals surface area (Å²) in [5.74, 6) is 0. The number of methoxy groups -OCH3 is 1. The molecule has 0 aliphatic rings. The van der Waals surface area contributed by atoms with Gasteiger partial charge in [-0.2, -0.15) is 0 Å². The second-order valence-corrected chi connectivity index (χ2v) is 5.02. The van der Waals surface area contributed by atoms with Crippen molar-refractivity contribution < 1.29 is 19.0 Å². The molecule has 5 heteroatoms. The van der Waals surface area contributed by atoms with Crippen molar-refractivity contribution in [1.82, 2.24) is 4.90 Å². The molecular weight excluding hydrogens is 246 g/mol. The Labute approximate surface area is 115 Å². The van der Waals surface area contributed by atoms with Gasteiger partial charge in [-0.1, -0.05) is 12.2 Å². The molecule has 0 unspecified atom stereocenters. The number of carbonyl (C=O) groups excluding carboxylic acids is 1. The molecular formula is C14H25NO4. The van der Waals surface area contributed by atoms with Crippen LogP contribution in [0.25, 0.3) is 0 Å². The van der Waals surface area contributed by atoms with Crippen LogP contribution < -0.4 is 0 Å². The maximum Gasteiger partial charge on any atom is 0.410 e. The summed E-state index contributed by atoms with van der Waals surface area (Å²) in [5, 5.41) is 0. The van der Waals surface area contributed by atoms with E-state index in [9.17, 15) is 4.79 Å². The summed E-state index contributed by atoms with van der Waals surface area (Å²) in [6.45, 7) is 13.6. The Hall–Kier alpha value is -1.33. The third-order valence-corrected chi connectivity index (χ3v) is 2.06. The van der Waals surface area contributed by atoms with Crippen LogP contribution in [0.2, 0.25) is 0 Å². The minimum atomic E-state index is -0.534. The third kappa shape index (κ3) is 8.40. The van der Waals surface area contributed by atoms with Crippen LogP contribution in [0.15, 0.2) is 25.3 Å². The molecule has 0 N–H and O–H groups in total. The molecule has 0 aromatic rings. The van der Waals surface area contributed by atoms with Gasteiger partial charge in [0.15, 0.2) is 0 Å². The van der Waals surface area contributed by atoms with Crippen LogP contribution in [0, 0.1) is 0 Å². The number of rotatable bonds is 8. The fourth-order valence-corrected chi connectivity index (χ4v) is 1.27. The Kier molecular flexibility index (Phi) is 8.11. The van der Waals surface area contributed by atoms with Crippen LogP contribution in [0.5, 0.6) is 0 Å². The van der Waals surface area contributed by atoms with Crippen molar-refractivity contribution in [2.45, 2.75) is 32.5 Å². The first kappa shape index (κ1) is 17.7. The number of ether oxygens (including phenoxy) is 3. The monoisotopic (exact) mass is 271 g/mol. The van der Waals surface area contributed by atoms with E-state index in [1.54, 1.807) is 12.2 Å². The number of amides is 1. The van der Waals surface area contributed by atoms with E-state index in [2.05, 4.69) is 13.2 Å². The van der Waals surface area contributed by atoms with Gasteiger partial charge in [0.05, 0.1) is 12.6 Å². The van der Waals surface area contributed by atoms with Crippen molar-refractivity contribution in [3.63, 3.8) is 0 Å². The molecule has 0 radical (unpaired) electrons. The molecule has 19 heavy (non-hydrogen) atoms. The highest BCUT2D eigenvalue weighted by atomic mass is 16.7. The van der Waals surface area contributed by atoms with Crippen LogP contribution in [0.3, 0.4) is 0 Å². The normalized spacial score (nSPS) is 12.6. The number of hydrogen-bond donors (Lipinski definition) is 0. The first-order valence-electron chi connectivity index (χ1n) is 6.16. The molecule has 1 atom stereocenters. The third-order valence-electron chi connectivity index (χ3n) is 2.06. The van der Waals surface area contributed by atoms with Gasteiger partial charge in [0.2, 0.25) is 0 Å². The highest BCUT2D eigenvalue weighted by Gasteiger charge is 2.23. The molecule has 0 saturated carbocycles. The summed E-state index contributed by atoms with van der Waals surface area (Å²) in [4.78, 5) is 13.5. The predicted octanol–water partition coefficient (Wildman–Crippen LogP) is 2.58. The lowest BCUT2D eigenvalue weighted by molar-refractivity contribution is -0.0642. The smallest absolute Gasteiger partial charge is 0.410 e. The molecule has 1 amide bonds. The van der Waals surface area contributed by atoms with E-state index in [0.29, 0.717) is 13.1 Å². The molecule has 0 rings (SSSR count). The van der Waals surface area contributed by atoms with Gasteiger partial charge in [-0.25, -0.2) is 4.79 Å². The summed E-state index contributed by atoms with van der Waals surface area (Å²) in [6, 6.07) is 0. The summed E-state index contributed by atoms with van der Waals surface area (Å²) in [7, 11) is 1.54. The van der Waals surface area contributed by atoms with E-state index in [1.807, 2.05) is 20.8 Å². The Morgan fingerprint density at radius 2 is 2.00 bits per heavy atom. The zero-order valence-corrected chi connectivity index (χ0v) is 12.3. The van der Waals surface area contributed by atoms with Gasteiger partial charge in [0, 0.05) is 13.7 Å². The Balaban J connectivity index is 4.57. The minimum absolute atomic E-state index is 0.146. The molecule has 0 aromatic heterocycles. The van der Waals surface area contributed by atoms with Gasteiger partial charge >= 0.3 is 6.09 Å². The highest BCUT2D eigenvalue weighted by Crippen LogP contribution is 2.11. The number of hydrogen-bond acceptors (Lipinski definition) is 4. The van der Waals surface area contributed by atoms with Crippen molar-refractivity contribution >= 4 is 6.09 Å². The molecule has 0 bridgehead atoms. The maximum atomic E-state index is 12.0. The van der Waals surface area contributed by atoms with E-state index >= 15 is 0 Å². The molecule has 0 aliphatic heterocycles. The molecule has 0 fully saturated rings. The van der Waals surface area contributed by atoms with Crippen LogP contribution in [-0.4, -0.2) is 49.7 Å². The van der Waals surface area contributed by atoms with Gasteiger partial charge in [-0.05, 0) is 20.8 Å². The fraction of sp³-hybridized carbons (Fsp3) is 0.643. The van der Waals surface area contributed by atoms with E-state index in [4.69, 9.17) is 14.2 Å². The zero-order chi connectivity index (χ0) is 14.9. The number of nitrogens with zero attached hydrogens (tertiary/aromatic N) is 1. The molecule has 0 spiro atoms. The molecule has 5 nitrogen and oxygen atoms in total. The first-order chi connectivity index (χ1) is 8.84.